The Morgan fingerprint density at radius 3 is 2.86 bits per heavy atom. The molecule has 1 saturated heterocycles. The summed E-state index contributed by atoms with van der Waals surface area (Å²) in [5, 5.41) is 7.34. The van der Waals surface area contributed by atoms with E-state index in [2.05, 4.69) is 48.3 Å². The summed E-state index contributed by atoms with van der Waals surface area (Å²) in [6.45, 7) is 12.6. The standard InChI is InChI=1S/C17H29N3S/c1-5-12(2)15-8-18-17(4,14-6-7-14)11-20(15)9-16-19-13(3)10-21-16/h10,12,14-15,18H,5-9,11H2,1-4H3. The van der Waals surface area contributed by atoms with Gasteiger partial charge in [0.15, 0.2) is 0 Å². The second kappa shape index (κ2) is 5.98. The van der Waals surface area contributed by atoms with Gasteiger partial charge in [0.25, 0.3) is 0 Å². The molecule has 0 amide bonds. The molecule has 1 aromatic heterocycles. The fraction of sp³-hybridized carbons (Fsp3) is 0.824. The van der Waals surface area contributed by atoms with Gasteiger partial charge in [0.05, 0.1) is 6.54 Å². The smallest absolute Gasteiger partial charge is 0.107 e. The molecule has 0 radical (unpaired) electrons. The number of hydrogen-bond donors (Lipinski definition) is 1. The lowest BCUT2D eigenvalue weighted by molar-refractivity contribution is 0.0413. The maximum Gasteiger partial charge on any atom is 0.107 e. The molecule has 0 aromatic carbocycles. The van der Waals surface area contributed by atoms with E-state index in [0.29, 0.717) is 11.6 Å². The van der Waals surface area contributed by atoms with E-state index in [0.717, 1.165) is 30.6 Å². The van der Waals surface area contributed by atoms with Crippen LogP contribution in [0.4, 0.5) is 0 Å². The molecule has 3 unspecified atom stereocenters. The van der Waals surface area contributed by atoms with Crippen molar-refractivity contribution in [3.63, 3.8) is 0 Å². The van der Waals surface area contributed by atoms with Crippen LogP contribution in [0.1, 0.15) is 50.7 Å². The molecule has 1 aromatic rings. The molecule has 2 fully saturated rings. The van der Waals surface area contributed by atoms with Crippen LogP contribution in [0, 0.1) is 18.8 Å². The first-order valence-electron chi connectivity index (χ1n) is 8.42. The third-order valence-corrected chi connectivity index (χ3v) is 6.45. The van der Waals surface area contributed by atoms with E-state index in [9.17, 15) is 0 Å². The highest BCUT2D eigenvalue weighted by Gasteiger charge is 2.46. The Morgan fingerprint density at radius 2 is 2.29 bits per heavy atom. The second-order valence-electron chi connectivity index (χ2n) is 7.31. The van der Waals surface area contributed by atoms with Gasteiger partial charge in [-0.3, -0.25) is 4.90 Å². The number of nitrogens with one attached hydrogen (secondary N) is 1. The number of piperazine rings is 1. The summed E-state index contributed by atoms with van der Waals surface area (Å²) in [6.07, 6.45) is 4.06. The molecule has 3 rings (SSSR count). The molecule has 0 spiro atoms. The van der Waals surface area contributed by atoms with Crippen LogP contribution >= 0.6 is 11.3 Å². The van der Waals surface area contributed by atoms with E-state index >= 15 is 0 Å². The van der Waals surface area contributed by atoms with Gasteiger partial charge in [-0.15, -0.1) is 11.3 Å². The first-order chi connectivity index (χ1) is 10.0. The topological polar surface area (TPSA) is 28.2 Å². The molecule has 3 nitrogen and oxygen atoms in total. The van der Waals surface area contributed by atoms with Gasteiger partial charge in [-0.05, 0) is 38.5 Å². The normalized spacial score (nSPS) is 32.3. The molecule has 1 saturated carbocycles. The predicted molar refractivity (Wildman–Crippen MR) is 89.6 cm³/mol. The van der Waals surface area contributed by atoms with Gasteiger partial charge >= 0.3 is 0 Å². The van der Waals surface area contributed by atoms with Gasteiger partial charge in [0, 0.05) is 35.7 Å². The summed E-state index contributed by atoms with van der Waals surface area (Å²) in [4.78, 5) is 7.40. The zero-order valence-electron chi connectivity index (χ0n) is 13.9. The number of aryl methyl sites for hydroxylation is 1. The number of aromatic nitrogens is 1. The van der Waals surface area contributed by atoms with Crippen molar-refractivity contribution in [2.24, 2.45) is 11.8 Å². The van der Waals surface area contributed by atoms with E-state index < -0.39 is 0 Å². The molecule has 0 bridgehead atoms. The van der Waals surface area contributed by atoms with Crippen LogP contribution in [-0.4, -0.2) is 34.6 Å². The summed E-state index contributed by atoms with van der Waals surface area (Å²) < 4.78 is 0. The number of nitrogens with zero attached hydrogens (tertiary/aromatic N) is 2. The van der Waals surface area contributed by atoms with Gasteiger partial charge in [0.1, 0.15) is 5.01 Å². The van der Waals surface area contributed by atoms with Crippen molar-refractivity contribution in [3.05, 3.63) is 16.1 Å². The molecule has 118 valence electrons. The summed E-state index contributed by atoms with van der Waals surface area (Å²) in [5.41, 5.74) is 1.48. The van der Waals surface area contributed by atoms with Crippen LogP contribution in [0.2, 0.25) is 0 Å². The molecule has 2 aliphatic rings. The molecule has 2 heterocycles. The molecule has 1 aliphatic heterocycles. The molecule has 4 heteroatoms. The lowest BCUT2D eigenvalue weighted by atomic mass is 9.87. The Kier molecular flexibility index (Phi) is 4.40. The Labute approximate surface area is 133 Å². The molecular formula is C17H29N3S. The first-order valence-corrected chi connectivity index (χ1v) is 9.30. The number of hydrogen-bond acceptors (Lipinski definition) is 4. The van der Waals surface area contributed by atoms with Crippen LogP contribution in [-0.2, 0) is 6.54 Å². The molecule has 3 atom stereocenters. The van der Waals surface area contributed by atoms with Crippen LogP contribution in [0.15, 0.2) is 5.38 Å². The van der Waals surface area contributed by atoms with Gasteiger partial charge < -0.3 is 5.32 Å². The Balaban J connectivity index is 1.75. The third-order valence-electron chi connectivity index (χ3n) is 5.50. The maximum absolute atomic E-state index is 4.69. The van der Waals surface area contributed by atoms with Gasteiger partial charge in [-0.1, -0.05) is 20.3 Å². The predicted octanol–water partition coefficient (Wildman–Crippen LogP) is 3.44. The minimum atomic E-state index is 0.316. The molecule has 21 heavy (non-hydrogen) atoms. The van der Waals surface area contributed by atoms with Gasteiger partial charge in [-0.2, -0.15) is 0 Å². The molecular weight excluding hydrogens is 278 g/mol. The lowest BCUT2D eigenvalue weighted by Gasteiger charge is -2.48. The second-order valence-corrected chi connectivity index (χ2v) is 8.26. The minimum Gasteiger partial charge on any atom is -0.308 e. The Hall–Kier alpha value is -0.450. The largest absolute Gasteiger partial charge is 0.308 e. The van der Waals surface area contributed by atoms with Gasteiger partial charge in [0.2, 0.25) is 0 Å². The summed E-state index contributed by atoms with van der Waals surface area (Å²) in [7, 11) is 0. The molecule has 1 aliphatic carbocycles. The highest BCUT2D eigenvalue weighted by Crippen LogP contribution is 2.42. The summed E-state index contributed by atoms with van der Waals surface area (Å²) in [6, 6.07) is 0.644. The van der Waals surface area contributed by atoms with E-state index in [-0.39, 0.29) is 0 Å². The number of thiazole rings is 1. The van der Waals surface area contributed by atoms with Gasteiger partial charge in [-0.25, -0.2) is 4.98 Å². The van der Waals surface area contributed by atoms with Crippen LogP contribution in [0.25, 0.3) is 0 Å². The zero-order valence-corrected chi connectivity index (χ0v) is 14.7. The minimum absolute atomic E-state index is 0.316. The van der Waals surface area contributed by atoms with E-state index in [1.54, 1.807) is 0 Å². The van der Waals surface area contributed by atoms with Crippen molar-refractivity contribution < 1.29 is 0 Å². The fourth-order valence-electron chi connectivity index (χ4n) is 3.71. The lowest BCUT2D eigenvalue weighted by Crippen LogP contribution is -2.64. The van der Waals surface area contributed by atoms with Crippen molar-refractivity contribution in [3.8, 4) is 0 Å². The van der Waals surface area contributed by atoms with Crippen LogP contribution in [0.3, 0.4) is 0 Å². The highest BCUT2D eigenvalue weighted by atomic mass is 32.1. The highest BCUT2D eigenvalue weighted by molar-refractivity contribution is 7.09. The average Bonchev–Trinajstić information content (AvgIpc) is 3.24. The monoisotopic (exact) mass is 307 g/mol. The van der Waals surface area contributed by atoms with Crippen molar-refractivity contribution in [1.29, 1.82) is 0 Å². The van der Waals surface area contributed by atoms with Crippen molar-refractivity contribution in [1.82, 2.24) is 15.2 Å². The zero-order chi connectivity index (χ0) is 15.0. The van der Waals surface area contributed by atoms with Crippen molar-refractivity contribution in [2.45, 2.75) is 65.1 Å². The average molecular weight is 308 g/mol. The molecule has 1 N–H and O–H groups in total. The summed E-state index contributed by atoms with van der Waals surface area (Å²) in [5.74, 6) is 1.62. The number of rotatable bonds is 5. The summed E-state index contributed by atoms with van der Waals surface area (Å²) >= 11 is 1.82. The Morgan fingerprint density at radius 1 is 1.52 bits per heavy atom. The van der Waals surface area contributed by atoms with E-state index in [1.807, 2.05) is 11.3 Å². The van der Waals surface area contributed by atoms with Crippen LogP contribution in [0.5, 0.6) is 0 Å². The van der Waals surface area contributed by atoms with Crippen LogP contribution < -0.4 is 5.32 Å². The maximum atomic E-state index is 4.69. The van der Waals surface area contributed by atoms with Crippen molar-refractivity contribution >= 4 is 11.3 Å². The first kappa shape index (κ1) is 15.4. The van der Waals surface area contributed by atoms with Crippen molar-refractivity contribution in [2.75, 3.05) is 13.1 Å². The van der Waals surface area contributed by atoms with E-state index in [4.69, 9.17) is 0 Å². The quantitative estimate of drug-likeness (QED) is 0.903. The fourth-order valence-corrected chi connectivity index (χ4v) is 4.51. The Bertz CT molecular complexity index is 482. The third kappa shape index (κ3) is 3.33. The SMILES string of the molecule is CCC(C)C1CNC(C)(C2CC2)CN1Cc1nc(C)cs1. The van der Waals surface area contributed by atoms with E-state index in [1.165, 1.54) is 30.8 Å².